The smallest absolute Gasteiger partial charge is 0.107 e. The Morgan fingerprint density at radius 3 is 3.06 bits per heavy atom. The number of unbranched alkanes of at least 4 members (excludes halogenated alkanes) is 1. The van der Waals surface area contributed by atoms with Crippen LogP contribution in [0, 0.1) is 6.92 Å². The minimum absolute atomic E-state index is 0.407. The predicted octanol–water partition coefficient (Wildman–Crippen LogP) is 1.72. The standard InChI is InChI=1S/C12H22N2O2S/c1-3-4-5-16-8-11(15)6-13-7-12-14-10(2)9-17-12/h9,11,13,15H,3-8H2,1-2H3. The van der Waals surface area contributed by atoms with Crippen LogP contribution in [-0.2, 0) is 11.3 Å². The van der Waals surface area contributed by atoms with Crippen LogP contribution in [-0.4, -0.2) is 36.0 Å². The lowest BCUT2D eigenvalue weighted by molar-refractivity contribution is 0.0358. The monoisotopic (exact) mass is 258 g/mol. The van der Waals surface area contributed by atoms with E-state index in [1.54, 1.807) is 11.3 Å². The van der Waals surface area contributed by atoms with Gasteiger partial charge in [0, 0.05) is 30.8 Å². The second kappa shape index (κ2) is 8.58. The van der Waals surface area contributed by atoms with Crippen molar-refractivity contribution in [2.45, 2.75) is 39.3 Å². The number of ether oxygens (including phenoxy) is 1. The van der Waals surface area contributed by atoms with Gasteiger partial charge in [-0.2, -0.15) is 0 Å². The zero-order valence-electron chi connectivity index (χ0n) is 10.6. The number of nitrogens with one attached hydrogen (secondary N) is 1. The van der Waals surface area contributed by atoms with E-state index in [9.17, 15) is 5.11 Å². The summed E-state index contributed by atoms with van der Waals surface area (Å²) in [6.45, 7) is 6.51. The van der Waals surface area contributed by atoms with Gasteiger partial charge in [0.2, 0.25) is 0 Å². The average molecular weight is 258 g/mol. The van der Waals surface area contributed by atoms with E-state index in [0.717, 1.165) is 30.2 Å². The van der Waals surface area contributed by atoms with Gasteiger partial charge >= 0.3 is 0 Å². The number of rotatable bonds is 9. The van der Waals surface area contributed by atoms with Crippen molar-refractivity contribution in [1.82, 2.24) is 10.3 Å². The highest BCUT2D eigenvalue weighted by molar-refractivity contribution is 7.09. The maximum Gasteiger partial charge on any atom is 0.107 e. The largest absolute Gasteiger partial charge is 0.389 e. The predicted molar refractivity (Wildman–Crippen MR) is 70.3 cm³/mol. The van der Waals surface area contributed by atoms with Gasteiger partial charge in [0.15, 0.2) is 0 Å². The molecule has 5 heteroatoms. The summed E-state index contributed by atoms with van der Waals surface area (Å²) >= 11 is 1.64. The first-order valence-corrected chi connectivity index (χ1v) is 6.98. The lowest BCUT2D eigenvalue weighted by atomic mass is 10.3. The molecule has 0 bridgehead atoms. The highest BCUT2D eigenvalue weighted by Gasteiger charge is 2.04. The van der Waals surface area contributed by atoms with Crippen molar-refractivity contribution in [2.24, 2.45) is 0 Å². The van der Waals surface area contributed by atoms with Gasteiger partial charge in [0.1, 0.15) is 5.01 Å². The molecule has 0 aromatic carbocycles. The maximum absolute atomic E-state index is 9.63. The summed E-state index contributed by atoms with van der Waals surface area (Å²) in [5.41, 5.74) is 1.05. The van der Waals surface area contributed by atoms with Crippen LogP contribution >= 0.6 is 11.3 Å². The van der Waals surface area contributed by atoms with E-state index in [-0.39, 0.29) is 0 Å². The number of nitrogens with zero attached hydrogens (tertiary/aromatic N) is 1. The number of hydrogen-bond acceptors (Lipinski definition) is 5. The van der Waals surface area contributed by atoms with Gasteiger partial charge in [0.25, 0.3) is 0 Å². The average Bonchev–Trinajstić information content (AvgIpc) is 2.71. The van der Waals surface area contributed by atoms with E-state index in [0.29, 0.717) is 19.7 Å². The molecule has 1 atom stereocenters. The molecular formula is C12H22N2O2S. The van der Waals surface area contributed by atoms with Crippen LogP contribution in [0.2, 0.25) is 0 Å². The first-order chi connectivity index (χ1) is 8.22. The molecule has 98 valence electrons. The number of thiazole rings is 1. The molecule has 0 aliphatic rings. The van der Waals surface area contributed by atoms with Crippen molar-refractivity contribution >= 4 is 11.3 Å². The quantitative estimate of drug-likeness (QED) is 0.662. The van der Waals surface area contributed by atoms with Crippen molar-refractivity contribution in [1.29, 1.82) is 0 Å². The van der Waals surface area contributed by atoms with Crippen molar-refractivity contribution in [3.05, 3.63) is 16.1 Å². The van der Waals surface area contributed by atoms with Gasteiger partial charge in [-0.3, -0.25) is 0 Å². The molecule has 0 saturated carbocycles. The highest BCUT2D eigenvalue weighted by Crippen LogP contribution is 2.07. The fraction of sp³-hybridized carbons (Fsp3) is 0.750. The van der Waals surface area contributed by atoms with E-state index in [2.05, 4.69) is 17.2 Å². The molecule has 4 nitrogen and oxygen atoms in total. The van der Waals surface area contributed by atoms with Gasteiger partial charge in [-0.15, -0.1) is 11.3 Å². The Hall–Kier alpha value is -0.490. The van der Waals surface area contributed by atoms with Gasteiger partial charge in [-0.05, 0) is 13.3 Å². The Balaban J connectivity index is 2.02. The summed E-state index contributed by atoms with van der Waals surface area (Å²) in [4.78, 5) is 4.34. The molecule has 2 N–H and O–H groups in total. The molecule has 0 saturated heterocycles. The molecular weight excluding hydrogens is 236 g/mol. The van der Waals surface area contributed by atoms with E-state index in [4.69, 9.17) is 4.74 Å². The molecule has 0 aliphatic carbocycles. The molecule has 0 radical (unpaired) electrons. The Morgan fingerprint density at radius 1 is 1.59 bits per heavy atom. The number of aliphatic hydroxyl groups excluding tert-OH is 1. The van der Waals surface area contributed by atoms with Crippen LogP contribution in [0.3, 0.4) is 0 Å². The normalized spacial score (nSPS) is 12.9. The third-order valence-corrected chi connectivity index (χ3v) is 3.24. The zero-order valence-corrected chi connectivity index (χ0v) is 11.4. The van der Waals surface area contributed by atoms with Gasteiger partial charge in [-0.25, -0.2) is 4.98 Å². The van der Waals surface area contributed by atoms with Crippen LogP contribution < -0.4 is 5.32 Å². The van der Waals surface area contributed by atoms with Crippen LogP contribution in [0.5, 0.6) is 0 Å². The fourth-order valence-electron chi connectivity index (χ4n) is 1.35. The summed E-state index contributed by atoms with van der Waals surface area (Å²) in [6, 6.07) is 0. The molecule has 17 heavy (non-hydrogen) atoms. The minimum Gasteiger partial charge on any atom is -0.389 e. The Kier molecular flexibility index (Phi) is 7.35. The van der Waals surface area contributed by atoms with E-state index in [1.165, 1.54) is 0 Å². The third kappa shape index (κ3) is 6.73. The van der Waals surface area contributed by atoms with E-state index < -0.39 is 6.10 Å². The van der Waals surface area contributed by atoms with E-state index >= 15 is 0 Å². The molecule has 1 heterocycles. The van der Waals surface area contributed by atoms with Crippen LogP contribution in [0.15, 0.2) is 5.38 Å². The van der Waals surface area contributed by atoms with E-state index in [1.807, 2.05) is 12.3 Å². The summed E-state index contributed by atoms with van der Waals surface area (Å²) in [5, 5.41) is 15.9. The SMILES string of the molecule is CCCCOCC(O)CNCc1nc(C)cs1. The topological polar surface area (TPSA) is 54.4 Å². The summed E-state index contributed by atoms with van der Waals surface area (Å²) in [5.74, 6) is 0. The summed E-state index contributed by atoms with van der Waals surface area (Å²) in [7, 11) is 0. The molecule has 1 rings (SSSR count). The summed E-state index contributed by atoms with van der Waals surface area (Å²) < 4.78 is 5.34. The Morgan fingerprint density at radius 2 is 2.41 bits per heavy atom. The van der Waals surface area contributed by atoms with Gasteiger partial charge < -0.3 is 15.2 Å². The lowest BCUT2D eigenvalue weighted by Gasteiger charge is -2.11. The van der Waals surface area contributed by atoms with Crippen molar-refractivity contribution in [3.8, 4) is 0 Å². The molecule has 0 fully saturated rings. The van der Waals surface area contributed by atoms with Gasteiger partial charge in [0.05, 0.1) is 12.7 Å². The second-order valence-electron chi connectivity index (χ2n) is 4.10. The maximum atomic E-state index is 9.63. The number of hydrogen-bond donors (Lipinski definition) is 2. The second-order valence-corrected chi connectivity index (χ2v) is 5.04. The molecule has 0 spiro atoms. The fourth-order valence-corrected chi connectivity index (χ4v) is 2.10. The van der Waals surface area contributed by atoms with Crippen molar-refractivity contribution in [3.63, 3.8) is 0 Å². The zero-order chi connectivity index (χ0) is 12.5. The van der Waals surface area contributed by atoms with Crippen LogP contribution in [0.4, 0.5) is 0 Å². The number of aliphatic hydroxyl groups is 1. The minimum atomic E-state index is -0.437. The molecule has 1 aromatic rings. The first kappa shape index (κ1) is 14.6. The molecule has 0 aliphatic heterocycles. The first-order valence-electron chi connectivity index (χ1n) is 6.10. The van der Waals surface area contributed by atoms with Gasteiger partial charge in [-0.1, -0.05) is 13.3 Å². The molecule has 1 aromatic heterocycles. The third-order valence-electron chi connectivity index (χ3n) is 2.28. The summed E-state index contributed by atoms with van der Waals surface area (Å²) in [6.07, 6.45) is 1.74. The number of aromatic nitrogens is 1. The molecule has 0 amide bonds. The Bertz CT molecular complexity index is 304. The molecule has 1 unspecified atom stereocenters. The Labute approximate surface area is 107 Å². The highest BCUT2D eigenvalue weighted by atomic mass is 32.1. The van der Waals surface area contributed by atoms with Crippen molar-refractivity contribution in [2.75, 3.05) is 19.8 Å². The van der Waals surface area contributed by atoms with Crippen LogP contribution in [0.25, 0.3) is 0 Å². The number of aryl methyl sites for hydroxylation is 1. The van der Waals surface area contributed by atoms with Crippen molar-refractivity contribution < 1.29 is 9.84 Å². The van der Waals surface area contributed by atoms with Crippen LogP contribution in [0.1, 0.15) is 30.5 Å². The lowest BCUT2D eigenvalue weighted by Crippen LogP contribution is -2.30.